The monoisotopic (exact) mass is 320 g/mol. The number of benzene rings is 1. The maximum absolute atomic E-state index is 12.0. The highest BCUT2D eigenvalue weighted by atomic mass is 32.1. The van der Waals surface area contributed by atoms with E-state index in [1.165, 1.54) is 6.92 Å². The minimum absolute atomic E-state index is 0.154. The van der Waals surface area contributed by atoms with Gasteiger partial charge in [-0.05, 0) is 42.6 Å². The molecule has 8 heteroatoms. The van der Waals surface area contributed by atoms with Crippen molar-refractivity contribution in [3.63, 3.8) is 0 Å². The number of aliphatic imine (C=N–C) groups is 2. The average Bonchev–Trinajstić information content (AvgIpc) is 2.43. The first-order chi connectivity index (χ1) is 10.1. The van der Waals surface area contributed by atoms with Gasteiger partial charge in [-0.15, -0.1) is 0 Å². The molecule has 1 aromatic rings. The predicted molar refractivity (Wildman–Crippen MR) is 86.8 cm³/mol. The van der Waals surface area contributed by atoms with Crippen molar-refractivity contribution in [2.75, 3.05) is 13.1 Å². The minimum Gasteiger partial charge on any atom is -0.355 e. The molecule has 2 N–H and O–H groups in total. The third-order valence-corrected chi connectivity index (χ3v) is 2.48. The largest absolute Gasteiger partial charge is 0.355 e. The van der Waals surface area contributed by atoms with E-state index in [4.69, 9.17) is 0 Å². The molecular weight excluding hydrogens is 308 g/mol. The Kier molecular flexibility index (Phi) is 7.08. The van der Waals surface area contributed by atoms with Gasteiger partial charge in [0, 0.05) is 25.6 Å². The molecule has 108 valence electrons. The lowest BCUT2D eigenvalue weighted by Crippen LogP contribution is -2.33. The van der Waals surface area contributed by atoms with Crippen LogP contribution in [0.3, 0.4) is 0 Å². The van der Waals surface area contributed by atoms with E-state index >= 15 is 0 Å². The lowest BCUT2D eigenvalue weighted by molar-refractivity contribution is -0.118. The molecule has 0 heterocycles. The highest BCUT2D eigenvalue weighted by molar-refractivity contribution is 7.78. The van der Waals surface area contributed by atoms with Crippen LogP contribution in [-0.2, 0) is 4.79 Å². The van der Waals surface area contributed by atoms with E-state index in [1.807, 2.05) is 0 Å². The van der Waals surface area contributed by atoms with Crippen molar-refractivity contribution in [1.29, 1.82) is 0 Å². The number of hydrogen-bond donors (Lipinski definition) is 2. The second kappa shape index (κ2) is 8.84. The van der Waals surface area contributed by atoms with Crippen LogP contribution < -0.4 is 10.6 Å². The second-order valence-corrected chi connectivity index (χ2v) is 4.25. The molecular formula is C13H12N4O2S2. The first kappa shape index (κ1) is 16.8. The standard InChI is InChI=1S/C13H12N4O2S2/c1-9(18)14-2-3-15-13(19)10-4-11(16-7-20)6-12(5-10)17-8-21/h4-6H,2-3H2,1H3,(H,14,18)(H,15,19). The van der Waals surface area contributed by atoms with Gasteiger partial charge in [0.05, 0.1) is 21.7 Å². The molecule has 0 unspecified atom stereocenters. The SMILES string of the molecule is CC(=O)NCCNC(=O)c1cc(N=C=S)cc(N=C=S)c1. The van der Waals surface area contributed by atoms with E-state index in [2.05, 4.69) is 55.4 Å². The van der Waals surface area contributed by atoms with E-state index in [0.29, 0.717) is 30.0 Å². The molecule has 0 spiro atoms. The summed E-state index contributed by atoms with van der Waals surface area (Å²) in [6, 6.07) is 4.71. The fourth-order valence-corrected chi connectivity index (χ4v) is 1.69. The summed E-state index contributed by atoms with van der Waals surface area (Å²) in [4.78, 5) is 30.3. The van der Waals surface area contributed by atoms with Crippen LogP contribution in [-0.4, -0.2) is 35.2 Å². The van der Waals surface area contributed by atoms with Gasteiger partial charge in [0.15, 0.2) is 0 Å². The molecule has 1 rings (SSSR count). The molecule has 1 aromatic carbocycles. The van der Waals surface area contributed by atoms with Crippen LogP contribution in [0.2, 0.25) is 0 Å². The Hall–Kier alpha value is -2.24. The first-order valence-electron chi connectivity index (χ1n) is 5.90. The number of amides is 2. The van der Waals surface area contributed by atoms with Crippen molar-refractivity contribution < 1.29 is 9.59 Å². The number of rotatable bonds is 6. The zero-order chi connectivity index (χ0) is 15.7. The molecule has 0 saturated carbocycles. The van der Waals surface area contributed by atoms with Gasteiger partial charge in [0.2, 0.25) is 5.91 Å². The summed E-state index contributed by atoms with van der Waals surface area (Å²) in [6.45, 7) is 2.07. The molecule has 0 atom stereocenters. The van der Waals surface area contributed by atoms with Crippen LogP contribution in [0.4, 0.5) is 11.4 Å². The summed E-state index contributed by atoms with van der Waals surface area (Å²) in [7, 11) is 0. The average molecular weight is 320 g/mol. The van der Waals surface area contributed by atoms with E-state index in [9.17, 15) is 9.59 Å². The molecule has 0 bridgehead atoms. The van der Waals surface area contributed by atoms with E-state index in [0.717, 1.165) is 0 Å². The Balaban J connectivity index is 2.84. The van der Waals surface area contributed by atoms with Crippen molar-refractivity contribution in [2.45, 2.75) is 6.92 Å². The predicted octanol–water partition coefficient (Wildman–Crippen LogP) is 2.02. The van der Waals surface area contributed by atoms with E-state index < -0.39 is 0 Å². The van der Waals surface area contributed by atoms with Gasteiger partial charge < -0.3 is 10.6 Å². The zero-order valence-corrected chi connectivity index (χ0v) is 12.8. The Bertz CT molecular complexity index is 611. The number of thiocarbonyl (C=S) groups is 2. The quantitative estimate of drug-likeness (QED) is 0.477. The van der Waals surface area contributed by atoms with Gasteiger partial charge in [-0.3, -0.25) is 9.59 Å². The lowest BCUT2D eigenvalue weighted by atomic mass is 10.1. The number of carbonyl (C=O) groups excluding carboxylic acids is 2. The van der Waals surface area contributed by atoms with Gasteiger partial charge in [0.25, 0.3) is 5.91 Å². The third-order valence-electron chi connectivity index (χ3n) is 2.30. The van der Waals surface area contributed by atoms with Crippen molar-refractivity contribution in [2.24, 2.45) is 9.98 Å². The number of nitrogens with zero attached hydrogens (tertiary/aromatic N) is 2. The Morgan fingerprint density at radius 2 is 1.57 bits per heavy atom. The molecule has 0 saturated heterocycles. The van der Waals surface area contributed by atoms with Crippen molar-refractivity contribution >= 4 is 57.9 Å². The minimum atomic E-state index is -0.317. The van der Waals surface area contributed by atoms with Gasteiger partial charge in [-0.2, -0.15) is 9.98 Å². The van der Waals surface area contributed by atoms with E-state index in [1.54, 1.807) is 18.2 Å². The zero-order valence-electron chi connectivity index (χ0n) is 11.2. The van der Waals surface area contributed by atoms with Crippen LogP contribution in [0.15, 0.2) is 28.2 Å². The maximum Gasteiger partial charge on any atom is 0.251 e. The number of nitrogens with one attached hydrogen (secondary N) is 2. The molecule has 0 radical (unpaired) electrons. The third kappa shape index (κ3) is 6.16. The molecule has 6 nitrogen and oxygen atoms in total. The fourth-order valence-electron chi connectivity index (χ4n) is 1.48. The molecule has 2 amide bonds. The van der Waals surface area contributed by atoms with Gasteiger partial charge in [-0.25, -0.2) is 0 Å². The molecule has 0 aliphatic heterocycles. The normalized spacial score (nSPS) is 9.00. The summed E-state index contributed by atoms with van der Waals surface area (Å²) in [6.07, 6.45) is 0. The summed E-state index contributed by atoms with van der Waals surface area (Å²) in [5.74, 6) is -0.471. The highest BCUT2D eigenvalue weighted by Crippen LogP contribution is 2.23. The Morgan fingerprint density at radius 3 is 2.05 bits per heavy atom. The Labute approximate surface area is 132 Å². The molecule has 0 aliphatic carbocycles. The summed E-state index contributed by atoms with van der Waals surface area (Å²) in [5.41, 5.74) is 1.25. The maximum atomic E-state index is 12.0. The summed E-state index contributed by atoms with van der Waals surface area (Å²) >= 11 is 9.07. The smallest absolute Gasteiger partial charge is 0.251 e. The second-order valence-electron chi connectivity index (χ2n) is 3.88. The number of isothiocyanates is 2. The lowest BCUT2D eigenvalue weighted by Gasteiger charge is -2.07. The number of carbonyl (C=O) groups is 2. The molecule has 0 fully saturated rings. The molecule has 0 aliphatic rings. The fraction of sp³-hybridized carbons (Fsp3) is 0.231. The first-order valence-corrected chi connectivity index (χ1v) is 6.72. The van der Waals surface area contributed by atoms with Crippen LogP contribution in [0.5, 0.6) is 0 Å². The van der Waals surface area contributed by atoms with Crippen LogP contribution in [0.25, 0.3) is 0 Å². The van der Waals surface area contributed by atoms with Crippen molar-refractivity contribution in [1.82, 2.24) is 10.6 Å². The van der Waals surface area contributed by atoms with Gasteiger partial charge in [0.1, 0.15) is 0 Å². The van der Waals surface area contributed by atoms with E-state index in [-0.39, 0.29) is 11.8 Å². The van der Waals surface area contributed by atoms with Crippen molar-refractivity contribution in [3.8, 4) is 0 Å². The van der Waals surface area contributed by atoms with Crippen LogP contribution in [0, 0.1) is 0 Å². The van der Waals surface area contributed by atoms with Crippen LogP contribution in [0.1, 0.15) is 17.3 Å². The van der Waals surface area contributed by atoms with Gasteiger partial charge in [-0.1, -0.05) is 0 Å². The highest BCUT2D eigenvalue weighted by Gasteiger charge is 2.08. The van der Waals surface area contributed by atoms with Gasteiger partial charge >= 0.3 is 0 Å². The van der Waals surface area contributed by atoms with Crippen molar-refractivity contribution in [3.05, 3.63) is 23.8 Å². The number of hydrogen-bond acceptors (Lipinski definition) is 6. The van der Waals surface area contributed by atoms with Crippen LogP contribution >= 0.6 is 24.4 Å². The summed E-state index contributed by atoms with van der Waals surface area (Å²) in [5, 5.41) is 9.69. The molecule has 0 aromatic heterocycles. The summed E-state index contributed by atoms with van der Waals surface area (Å²) < 4.78 is 0. The Morgan fingerprint density at radius 1 is 1.05 bits per heavy atom. The molecule has 21 heavy (non-hydrogen) atoms. The topological polar surface area (TPSA) is 82.9 Å².